The van der Waals surface area contributed by atoms with Gasteiger partial charge >= 0.3 is 0 Å². The summed E-state index contributed by atoms with van der Waals surface area (Å²) in [5.41, 5.74) is 0.845. The van der Waals surface area contributed by atoms with Gasteiger partial charge in [0.25, 0.3) is 7.94 Å². The third-order valence-corrected chi connectivity index (χ3v) is 5.40. The van der Waals surface area contributed by atoms with Gasteiger partial charge in [-0.25, -0.2) is 9.05 Å². The molecule has 0 spiro atoms. The number of alkyl halides is 2. The van der Waals surface area contributed by atoms with Gasteiger partial charge in [-0.3, -0.25) is 0 Å². The number of rotatable bonds is 3. The minimum Gasteiger partial charge on any atom is -0.627 e. The molecule has 0 N–H and O–H groups in total. The summed E-state index contributed by atoms with van der Waals surface area (Å²) >= 11 is 6.94. The molecule has 0 radical (unpaired) electrons. The number of hydrogen-bond donors (Lipinski definition) is 0. The van der Waals surface area contributed by atoms with Crippen LogP contribution in [0.5, 0.6) is 0 Å². The van der Waals surface area contributed by atoms with Crippen molar-refractivity contribution in [1.82, 2.24) is 0 Å². The molecule has 0 aromatic heterocycles. The van der Waals surface area contributed by atoms with E-state index in [0.717, 1.165) is 5.56 Å². The van der Waals surface area contributed by atoms with Gasteiger partial charge in [0.05, 0.1) is 6.61 Å². The second kappa shape index (κ2) is 5.70. The van der Waals surface area contributed by atoms with E-state index in [1.165, 1.54) is 0 Å². The third kappa shape index (κ3) is 3.21. The first-order valence-corrected chi connectivity index (χ1v) is 8.65. The molecule has 18 heavy (non-hydrogen) atoms. The summed E-state index contributed by atoms with van der Waals surface area (Å²) in [5, 5.41) is 0.588. The van der Waals surface area contributed by atoms with Crippen molar-refractivity contribution in [2.45, 2.75) is 10.2 Å². The lowest BCUT2D eigenvalue weighted by atomic mass is 10.2. The highest BCUT2D eigenvalue weighted by Gasteiger charge is 2.45. The van der Waals surface area contributed by atoms with E-state index < -0.39 is 11.2 Å². The highest BCUT2D eigenvalue weighted by molar-refractivity contribution is 9.25. The lowest BCUT2D eigenvalue weighted by Crippen LogP contribution is -2.29. The fourth-order valence-electron chi connectivity index (χ4n) is 1.69. The van der Waals surface area contributed by atoms with E-state index in [2.05, 4.69) is 31.9 Å². The minimum atomic E-state index is -3.22. The van der Waals surface area contributed by atoms with Crippen LogP contribution in [0, 0.1) is 0 Å². The number of hydrogen-bond acceptors (Lipinski definition) is 3. The van der Waals surface area contributed by atoms with Crippen LogP contribution >= 0.6 is 39.8 Å². The summed E-state index contributed by atoms with van der Waals surface area (Å²) in [6.07, 6.45) is 1.85. The van der Waals surface area contributed by atoms with Crippen molar-refractivity contribution in [2.75, 3.05) is 13.2 Å². The van der Waals surface area contributed by atoms with Gasteiger partial charge in [-0.2, -0.15) is 0 Å². The Morgan fingerprint density at radius 3 is 2.67 bits per heavy atom. The lowest BCUT2D eigenvalue weighted by molar-refractivity contribution is -0.213. The minimum absolute atomic E-state index is 0.251. The van der Waals surface area contributed by atoms with Gasteiger partial charge < -0.3 is 4.89 Å². The van der Waals surface area contributed by atoms with Crippen LogP contribution < -0.4 is 4.89 Å². The molecule has 1 aliphatic rings. The molecule has 0 aliphatic carbocycles. The van der Waals surface area contributed by atoms with Crippen LogP contribution in [-0.2, 0) is 9.05 Å². The Hall–Kier alpha value is 0.230. The first-order valence-electron chi connectivity index (χ1n) is 5.53. The van der Waals surface area contributed by atoms with Crippen molar-refractivity contribution in [2.24, 2.45) is 0 Å². The molecule has 3 nitrogen and oxygen atoms in total. The highest BCUT2D eigenvalue weighted by atomic mass is 79.9. The second-order valence-electron chi connectivity index (χ2n) is 3.85. The first-order chi connectivity index (χ1) is 8.47. The van der Waals surface area contributed by atoms with Crippen LogP contribution in [0.1, 0.15) is 12.5 Å². The largest absolute Gasteiger partial charge is 0.627 e. The van der Waals surface area contributed by atoms with Crippen molar-refractivity contribution in [1.29, 1.82) is 0 Å². The Balaban J connectivity index is 2.45. The average Bonchev–Trinajstić information content (AvgIpc) is 2.34. The fourth-order valence-corrected chi connectivity index (χ4v) is 4.99. The van der Waals surface area contributed by atoms with E-state index in [4.69, 9.17) is 9.05 Å². The second-order valence-corrected chi connectivity index (χ2v) is 9.73. The van der Waals surface area contributed by atoms with Crippen molar-refractivity contribution >= 4 is 45.1 Å². The molecule has 0 bridgehead atoms. The van der Waals surface area contributed by atoms with E-state index in [1.807, 2.05) is 36.4 Å². The van der Waals surface area contributed by atoms with Crippen LogP contribution in [0.3, 0.4) is 0 Å². The Bertz CT molecular complexity index is 450. The van der Waals surface area contributed by atoms with Crippen molar-refractivity contribution in [3.05, 3.63) is 42.0 Å². The van der Waals surface area contributed by atoms with Crippen molar-refractivity contribution in [3.63, 3.8) is 0 Å². The van der Waals surface area contributed by atoms with Crippen molar-refractivity contribution < 1.29 is 13.9 Å². The smallest absolute Gasteiger partial charge is 0.271 e. The molecule has 1 aromatic carbocycles. The average molecular weight is 396 g/mol. The zero-order chi connectivity index (χ0) is 13.2. The molecule has 1 unspecified atom stereocenters. The van der Waals surface area contributed by atoms with E-state index >= 15 is 0 Å². The van der Waals surface area contributed by atoms with Gasteiger partial charge in [0.15, 0.2) is 5.31 Å². The molecule has 2 rings (SSSR count). The maximum atomic E-state index is 12.7. The quantitative estimate of drug-likeness (QED) is 0.578. The highest BCUT2D eigenvalue weighted by Crippen LogP contribution is 2.67. The van der Waals surface area contributed by atoms with E-state index in [0.29, 0.717) is 11.9 Å². The molecule has 1 heterocycles. The molecule has 0 amide bonds. The molecule has 0 saturated carbocycles. The van der Waals surface area contributed by atoms with Gasteiger partial charge in [0, 0.05) is 5.56 Å². The van der Waals surface area contributed by atoms with Crippen molar-refractivity contribution in [3.8, 4) is 0 Å². The zero-order valence-electron chi connectivity index (χ0n) is 9.81. The Morgan fingerprint density at radius 2 is 2.06 bits per heavy atom. The van der Waals surface area contributed by atoms with Crippen LogP contribution in [0.4, 0.5) is 0 Å². The molecule has 98 valence electrons. The monoisotopic (exact) mass is 394 g/mol. The summed E-state index contributed by atoms with van der Waals surface area (Å²) in [6.45, 7) is 2.40. The predicted octanol–water partition coefficient (Wildman–Crippen LogP) is 3.70. The Kier molecular flexibility index (Phi) is 4.63. The van der Waals surface area contributed by atoms with E-state index in [1.54, 1.807) is 6.92 Å². The molecular formula is C12H13Br2O3P. The van der Waals surface area contributed by atoms with Crippen LogP contribution in [0.25, 0.3) is 5.31 Å². The molecule has 6 heteroatoms. The summed E-state index contributed by atoms with van der Waals surface area (Å²) in [5.74, 6) is 0. The van der Waals surface area contributed by atoms with E-state index in [9.17, 15) is 4.89 Å². The molecule has 1 aromatic rings. The van der Waals surface area contributed by atoms with Gasteiger partial charge in [0.2, 0.25) is 0 Å². The van der Waals surface area contributed by atoms with Gasteiger partial charge in [-0.05, 0) is 13.0 Å². The molecule has 1 aliphatic heterocycles. The summed E-state index contributed by atoms with van der Waals surface area (Å²) < 4.78 is 10.3. The molecule has 0 fully saturated rings. The normalized spacial score (nSPS) is 26.8. The fraction of sp³-hybridized carbons (Fsp3) is 0.333. The molecular weight excluding hydrogens is 383 g/mol. The Labute approximate surface area is 124 Å². The van der Waals surface area contributed by atoms with Crippen LogP contribution in [0.15, 0.2) is 36.4 Å². The van der Waals surface area contributed by atoms with Crippen LogP contribution in [0.2, 0.25) is 0 Å². The lowest BCUT2D eigenvalue weighted by Gasteiger charge is -2.35. The maximum absolute atomic E-state index is 12.7. The summed E-state index contributed by atoms with van der Waals surface area (Å²) in [4.78, 5) is 12.7. The number of halogens is 2. The third-order valence-electron chi connectivity index (χ3n) is 2.44. The standard InChI is InChI=1S/C12H13Br2O3P/c1-2-16-18(15)11(8-12(13,14)9-17-18)10-6-4-3-5-7-10/h3-8H,2,9H2,1H3. The molecule has 1 atom stereocenters. The predicted molar refractivity (Wildman–Crippen MR) is 79.5 cm³/mol. The topological polar surface area (TPSA) is 41.5 Å². The molecule has 0 saturated heterocycles. The van der Waals surface area contributed by atoms with Gasteiger partial charge in [-0.15, -0.1) is 0 Å². The first kappa shape index (κ1) is 14.6. The SMILES string of the molecule is CCO[P+]1([O-])OCC(Br)(Br)C=C1c1ccccc1. The Morgan fingerprint density at radius 1 is 1.39 bits per heavy atom. The van der Waals surface area contributed by atoms with E-state index in [-0.39, 0.29) is 6.61 Å². The van der Waals surface area contributed by atoms with Gasteiger partial charge in [-0.1, -0.05) is 62.2 Å². The zero-order valence-corrected chi connectivity index (χ0v) is 13.9. The summed E-state index contributed by atoms with van der Waals surface area (Å²) in [7, 11) is -3.22. The van der Waals surface area contributed by atoms with Gasteiger partial charge in [0.1, 0.15) is 9.84 Å². The summed E-state index contributed by atoms with van der Waals surface area (Å²) in [6, 6.07) is 9.48. The number of benzene rings is 1. The van der Waals surface area contributed by atoms with Crippen LogP contribution in [-0.4, -0.2) is 16.4 Å². The maximum Gasteiger partial charge on any atom is 0.271 e.